The van der Waals surface area contributed by atoms with Gasteiger partial charge >= 0.3 is 11.9 Å². The molecule has 0 atom stereocenters. The second-order valence-electron chi connectivity index (χ2n) is 4.05. The number of aromatic nitrogens is 1. The predicted molar refractivity (Wildman–Crippen MR) is 71.8 cm³/mol. The molecule has 0 saturated heterocycles. The third kappa shape index (κ3) is 2.20. The number of hydrogen-bond acceptors (Lipinski definition) is 5. The van der Waals surface area contributed by atoms with Crippen LogP contribution in [0, 0.1) is 0 Å². The number of hydrogen-bond donors (Lipinski definition) is 0. The topological polar surface area (TPSA) is 66.8 Å². The van der Waals surface area contributed by atoms with Crippen LogP contribution >= 0.6 is 0 Å². The van der Waals surface area contributed by atoms with Crippen molar-refractivity contribution in [2.75, 3.05) is 21.3 Å². The third-order valence-electron chi connectivity index (χ3n) is 3.02. The van der Waals surface area contributed by atoms with Crippen LogP contribution < -0.4 is 4.74 Å². The summed E-state index contributed by atoms with van der Waals surface area (Å²) in [7, 11) is 4.04. The number of ether oxygens (including phenoxy) is 3. The Kier molecular flexibility index (Phi) is 3.93. The summed E-state index contributed by atoms with van der Waals surface area (Å²) >= 11 is 0. The fraction of sp³-hybridized carbons (Fsp3) is 0.286. The lowest BCUT2D eigenvalue weighted by molar-refractivity contribution is -0.141. The summed E-state index contributed by atoms with van der Waals surface area (Å²) in [6, 6.07) is 7.26. The van der Waals surface area contributed by atoms with Gasteiger partial charge in [0.15, 0.2) is 11.4 Å². The molecule has 0 fully saturated rings. The van der Waals surface area contributed by atoms with Crippen LogP contribution in [-0.4, -0.2) is 37.8 Å². The normalized spacial score (nSPS) is 10.3. The van der Waals surface area contributed by atoms with Crippen LogP contribution in [0.15, 0.2) is 24.3 Å². The van der Waals surface area contributed by atoms with Crippen LogP contribution in [0.3, 0.4) is 0 Å². The van der Waals surface area contributed by atoms with Crippen LogP contribution in [0.2, 0.25) is 0 Å². The minimum Gasteiger partial charge on any atom is -0.494 e. The lowest BCUT2D eigenvalue weighted by Gasteiger charge is -2.08. The van der Waals surface area contributed by atoms with E-state index in [-0.39, 0.29) is 12.2 Å². The number of carbonyl (C=O) groups is 2. The molecule has 20 heavy (non-hydrogen) atoms. The number of benzene rings is 1. The molecule has 0 radical (unpaired) electrons. The average molecular weight is 277 g/mol. The summed E-state index contributed by atoms with van der Waals surface area (Å²) in [5.74, 6) is -0.642. The molecule has 1 aromatic heterocycles. The first-order chi connectivity index (χ1) is 9.63. The van der Waals surface area contributed by atoms with Crippen molar-refractivity contribution < 1.29 is 23.8 Å². The summed E-state index contributed by atoms with van der Waals surface area (Å²) < 4.78 is 16.3. The first-order valence-corrected chi connectivity index (χ1v) is 5.94. The maximum atomic E-state index is 12.0. The molecule has 6 nitrogen and oxygen atoms in total. The van der Waals surface area contributed by atoms with Crippen molar-refractivity contribution >= 4 is 22.8 Å². The van der Waals surface area contributed by atoms with Gasteiger partial charge in [-0.15, -0.1) is 0 Å². The zero-order valence-corrected chi connectivity index (χ0v) is 11.5. The van der Waals surface area contributed by atoms with E-state index in [4.69, 9.17) is 9.47 Å². The highest BCUT2D eigenvalue weighted by Gasteiger charge is 2.25. The van der Waals surface area contributed by atoms with Crippen molar-refractivity contribution in [1.82, 2.24) is 4.57 Å². The highest BCUT2D eigenvalue weighted by molar-refractivity contribution is 6.02. The van der Waals surface area contributed by atoms with Crippen LogP contribution in [0.4, 0.5) is 0 Å². The fourth-order valence-corrected chi connectivity index (χ4v) is 2.14. The zero-order chi connectivity index (χ0) is 14.7. The molecule has 1 aromatic carbocycles. The van der Waals surface area contributed by atoms with Gasteiger partial charge in [0.25, 0.3) is 0 Å². The smallest absolute Gasteiger partial charge is 0.358 e. The minimum absolute atomic E-state index is 0.0925. The van der Waals surface area contributed by atoms with Crippen molar-refractivity contribution in [2.45, 2.75) is 6.54 Å². The summed E-state index contributed by atoms with van der Waals surface area (Å²) in [5.41, 5.74) is 0.900. The Morgan fingerprint density at radius 2 is 1.80 bits per heavy atom. The molecule has 2 rings (SSSR count). The Labute approximate surface area is 115 Å². The standard InChI is InChI=1S/C14H15NO5/c1-18-11(16)8-15-10-7-5-4-6-9(10)13(19-2)12(15)14(17)20-3/h4-7H,8H2,1-3H3. The van der Waals surface area contributed by atoms with Gasteiger partial charge in [-0.05, 0) is 12.1 Å². The molecule has 0 unspecified atom stereocenters. The number of carbonyl (C=O) groups excluding carboxylic acids is 2. The Balaban J connectivity index is 2.73. The lowest BCUT2D eigenvalue weighted by Crippen LogP contribution is -2.17. The van der Waals surface area contributed by atoms with Crippen LogP contribution in [0.1, 0.15) is 10.5 Å². The van der Waals surface area contributed by atoms with Crippen molar-refractivity contribution in [2.24, 2.45) is 0 Å². The highest BCUT2D eigenvalue weighted by atomic mass is 16.5. The maximum Gasteiger partial charge on any atom is 0.358 e. The number of esters is 2. The Bertz CT molecular complexity index is 659. The van der Waals surface area contributed by atoms with Gasteiger partial charge in [-0.25, -0.2) is 4.79 Å². The number of fused-ring (bicyclic) bond motifs is 1. The highest BCUT2D eigenvalue weighted by Crippen LogP contribution is 2.33. The quantitative estimate of drug-likeness (QED) is 0.794. The Hall–Kier alpha value is -2.50. The number of methoxy groups -OCH3 is 3. The van der Waals surface area contributed by atoms with Crippen molar-refractivity contribution in [3.8, 4) is 5.75 Å². The van der Waals surface area contributed by atoms with Crippen LogP contribution in [0.5, 0.6) is 5.75 Å². The molecule has 0 bridgehead atoms. The molecule has 0 saturated carbocycles. The van der Waals surface area contributed by atoms with Crippen molar-refractivity contribution in [3.05, 3.63) is 30.0 Å². The van der Waals surface area contributed by atoms with Gasteiger partial charge in [0.05, 0.1) is 26.8 Å². The van der Waals surface area contributed by atoms with E-state index in [1.54, 1.807) is 6.07 Å². The maximum absolute atomic E-state index is 12.0. The molecule has 0 aliphatic rings. The van der Waals surface area contributed by atoms with E-state index in [2.05, 4.69) is 4.74 Å². The molecular weight excluding hydrogens is 262 g/mol. The molecular formula is C14H15NO5. The van der Waals surface area contributed by atoms with Crippen molar-refractivity contribution in [1.29, 1.82) is 0 Å². The number of nitrogens with zero attached hydrogens (tertiary/aromatic N) is 1. The average Bonchev–Trinajstić information content (AvgIpc) is 2.80. The molecule has 1 heterocycles. The summed E-state index contributed by atoms with van der Waals surface area (Å²) in [6.45, 7) is -0.0925. The summed E-state index contributed by atoms with van der Waals surface area (Å²) in [4.78, 5) is 23.5. The van der Waals surface area contributed by atoms with Crippen LogP contribution in [-0.2, 0) is 20.8 Å². The number of para-hydroxylation sites is 1. The van der Waals surface area contributed by atoms with Gasteiger partial charge in [-0.3, -0.25) is 4.79 Å². The van der Waals surface area contributed by atoms with E-state index in [0.717, 1.165) is 5.39 Å². The summed E-state index contributed by atoms with van der Waals surface area (Å²) in [6.07, 6.45) is 0. The second kappa shape index (κ2) is 5.64. The third-order valence-corrected chi connectivity index (χ3v) is 3.02. The predicted octanol–water partition coefficient (Wildman–Crippen LogP) is 1.61. The monoisotopic (exact) mass is 277 g/mol. The Morgan fingerprint density at radius 1 is 1.10 bits per heavy atom. The zero-order valence-electron chi connectivity index (χ0n) is 11.5. The second-order valence-corrected chi connectivity index (χ2v) is 4.05. The van der Waals surface area contributed by atoms with E-state index in [1.807, 2.05) is 18.2 Å². The van der Waals surface area contributed by atoms with E-state index in [0.29, 0.717) is 11.3 Å². The van der Waals surface area contributed by atoms with Gasteiger partial charge in [0.1, 0.15) is 6.54 Å². The summed E-state index contributed by atoms with van der Waals surface area (Å²) in [5, 5.41) is 0.735. The minimum atomic E-state index is -0.568. The first kappa shape index (κ1) is 13.9. The molecule has 0 aliphatic carbocycles. The largest absolute Gasteiger partial charge is 0.494 e. The SMILES string of the molecule is COC(=O)Cn1c(C(=O)OC)c(OC)c2ccccc21. The first-order valence-electron chi connectivity index (χ1n) is 5.94. The fourth-order valence-electron chi connectivity index (χ4n) is 2.14. The van der Waals surface area contributed by atoms with Gasteiger partial charge in [-0.1, -0.05) is 12.1 Å². The van der Waals surface area contributed by atoms with E-state index in [1.165, 1.54) is 25.9 Å². The van der Waals surface area contributed by atoms with Gasteiger partial charge in [-0.2, -0.15) is 0 Å². The molecule has 0 N–H and O–H groups in total. The van der Waals surface area contributed by atoms with E-state index >= 15 is 0 Å². The lowest BCUT2D eigenvalue weighted by atomic mass is 10.2. The van der Waals surface area contributed by atoms with Gasteiger partial charge in [0, 0.05) is 5.39 Å². The Morgan fingerprint density at radius 3 is 2.40 bits per heavy atom. The molecule has 2 aromatic rings. The molecule has 6 heteroatoms. The molecule has 0 aliphatic heterocycles. The van der Waals surface area contributed by atoms with Crippen molar-refractivity contribution in [3.63, 3.8) is 0 Å². The molecule has 0 spiro atoms. The number of rotatable bonds is 4. The van der Waals surface area contributed by atoms with E-state index in [9.17, 15) is 9.59 Å². The molecule has 0 amide bonds. The van der Waals surface area contributed by atoms with Gasteiger partial charge < -0.3 is 18.8 Å². The molecule has 106 valence electrons. The van der Waals surface area contributed by atoms with Crippen LogP contribution in [0.25, 0.3) is 10.9 Å². The van der Waals surface area contributed by atoms with E-state index < -0.39 is 11.9 Å². The van der Waals surface area contributed by atoms with Gasteiger partial charge in [0.2, 0.25) is 0 Å².